The highest BCUT2D eigenvalue weighted by atomic mass is 32.1. The smallest absolute Gasteiger partial charge is 0.117 e. The number of nitrogens with one attached hydrogen (secondary N) is 1. The molecule has 27 heavy (non-hydrogen) atoms. The molecule has 2 aromatic heterocycles. The molecule has 0 amide bonds. The van der Waals surface area contributed by atoms with E-state index in [0.29, 0.717) is 11.6 Å². The van der Waals surface area contributed by atoms with Gasteiger partial charge in [0.1, 0.15) is 11.4 Å². The minimum Gasteiger partial charge on any atom is -0.411 e. The van der Waals surface area contributed by atoms with Gasteiger partial charge in [-0.1, -0.05) is 54.1 Å². The van der Waals surface area contributed by atoms with Crippen molar-refractivity contribution in [3.05, 3.63) is 75.5 Å². The van der Waals surface area contributed by atoms with Gasteiger partial charge in [-0.05, 0) is 18.4 Å². The number of hydrogen-bond acceptors (Lipinski definition) is 5. The number of hydrogen-bond donors (Lipinski definition) is 2. The first-order chi connectivity index (χ1) is 13.3. The van der Waals surface area contributed by atoms with Crippen molar-refractivity contribution in [3.8, 4) is 0 Å². The van der Waals surface area contributed by atoms with Gasteiger partial charge in [-0.15, -0.1) is 11.3 Å². The predicted molar refractivity (Wildman–Crippen MR) is 106 cm³/mol. The molecule has 0 saturated heterocycles. The Labute approximate surface area is 161 Å². The third-order valence-electron chi connectivity index (χ3n) is 5.88. The number of H-pyrrole nitrogens is 1. The van der Waals surface area contributed by atoms with Crippen molar-refractivity contribution in [2.24, 2.45) is 11.1 Å². The molecule has 136 valence electrons. The third-order valence-corrected chi connectivity index (χ3v) is 6.83. The Morgan fingerprint density at radius 1 is 1.26 bits per heavy atom. The fourth-order valence-corrected chi connectivity index (χ4v) is 4.97. The lowest BCUT2D eigenvalue weighted by Gasteiger charge is -2.33. The first-order valence-corrected chi connectivity index (χ1v) is 10.1. The van der Waals surface area contributed by atoms with E-state index in [1.807, 2.05) is 17.8 Å². The number of oxime groups is 1. The summed E-state index contributed by atoms with van der Waals surface area (Å²) in [6.45, 7) is 0. The second-order valence-electron chi connectivity index (χ2n) is 7.29. The van der Waals surface area contributed by atoms with Gasteiger partial charge in [-0.2, -0.15) is 5.10 Å². The SMILES string of the molecule is ON=C(c1n[nH]c2c1C=CC(c1ccccc1)(c1cncs1)C2)C1CCC1. The Morgan fingerprint density at radius 2 is 2.11 bits per heavy atom. The molecule has 0 spiro atoms. The normalized spacial score (nSPS) is 22.4. The van der Waals surface area contributed by atoms with Crippen LogP contribution in [0.15, 0.2) is 53.3 Å². The van der Waals surface area contributed by atoms with Crippen molar-refractivity contribution < 1.29 is 5.21 Å². The van der Waals surface area contributed by atoms with Gasteiger partial charge in [0.25, 0.3) is 0 Å². The fraction of sp³-hybridized carbons (Fsp3) is 0.286. The van der Waals surface area contributed by atoms with Crippen LogP contribution in [0, 0.1) is 5.92 Å². The van der Waals surface area contributed by atoms with Crippen molar-refractivity contribution in [2.45, 2.75) is 31.1 Å². The summed E-state index contributed by atoms with van der Waals surface area (Å²) in [5.74, 6) is 0.318. The molecule has 2 aliphatic carbocycles. The Bertz CT molecular complexity index is 1000. The summed E-state index contributed by atoms with van der Waals surface area (Å²) in [7, 11) is 0. The molecule has 0 aliphatic heterocycles. The van der Waals surface area contributed by atoms with Gasteiger partial charge in [-0.25, -0.2) is 0 Å². The van der Waals surface area contributed by atoms with Crippen LogP contribution in [-0.2, 0) is 11.8 Å². The number of aromatic nitrogens is 3. The van der Waals surface area contributed by atoms with E-state index in [0.717, 1.165) is 36.2 Å². The average molecular weight is 376 g/mol. The molecule has 1 unspecified atom stereocenters. The molecular weight excluding hydrogens is 356 g/mol. The van der Waals surface area contributed by atoms with Gasteiger partial charge in [0.15, 0.2) is 0 Å². The summed E-state index contributed by atoms with van der Waals surface area (Å²) >= 11 is 1.67. The van der Waals surface area contributed by atoms with E-state index in [1.165, 1.54) is 16.9 Å². The van der Waals surface area contributed by atoms with Crippen LogP contribution in [-0.4, -0.2) is 26.1 Å². The average Bonchev–Trinajstić information content (AvgIpc) is 3.35. The van der Waals surface area contributed by atoms with Crippen LogP contribution in [0.5, 0.6) is 0 Å². The number of aromatic amines is 1. The Hall–Kier alpha value is -2.73. The van der Waals surface area contributed by atoms with Gasteiger partial charge < -0.3 is 5.21 Å². The molecule has 2 aliphatic rings. The standard InChI is InChI=1S/C21H20N4OS/c26-25-19(14-5-4-6-14)20-16-9-10-21(11-17(16)23-24-20,18-12-22-13-27-18)15-7-2-1-3-8-15/h1-3,7-10,12-14,26H,4-6,11H2,(H,23,24). The molecule has 2 heterocycles. The lowest BCUT2D eigenvalue weighted by Crippen LogP contribution is -2.30. The van der Waals surface area contributed by atoms with Gasteiger partial charge in [0.05, 0.1) is 10.9 Å². The maximum Gasteiger partial charge on any atom is 0.117 e. The zero-order valence-corrected chi connectivity index (χ0v) is 15.6. The summed E-state index contributed by atoms with van der Waals surface area (Å²) in [5, 5.41) is 20.9. The van der Waals surface area contributed by atoms with Crippen LogP contribution in [0.4, 0.5) is 0 Å². The molecule has 3 aromatic rings. The molecule has 0 radical (unpaired) electrons. The van der Waals surface area contributed by atoms with Crippen molar-refractivity contribution in [1.82, 2.24) is 15.2 Å². The van der Waals surface area contributed by atoms with Crippen LogP contribution in [0.1, 0.15) is 46.7 Å². The quantitative estimate of drug-likeness (QED) is 0.403. The zero-order valence-electron chi connectivity index (χ0n) is 14.8. The van der Waals surface area contributed by atoms with Gasteiger partial charge in [0, 0.05) is 34.7 Å². The van der Waals surface area contributed by atoms with Crippen LogP contribution < -0.4 is 0 Å². The van der Waals surface area contributed by atoms with E-state index in [4.69, 9.17) is 0 Å². The third kappa shape index (κ3) is 2.55. The highest BCUT2D eigenvalue weighted by Gasteiger charge is 2.39. The number of benzene rings is 1. The van der Waals surface area contributed by atoms with Crippen LogP contribution in [0.3, 0.4) is 0 Å². The van der Waals surface area contributed by atoms with Crippen molar-refractivity contribution >= 4 is 23.1 Å². The molecule has 0 bridgehead atoms. The van der Waals surface area contributed by atoms with Gasteiger partial charge >= 0.3 is 0 Å². The Morgan fingerprint density at radius 3 is 2.78 bits per heavy atom. The first-order valence-electron chi connectivity index (χ1n) is 9.25. The molecular formula is C21H20N4OS. The number of allylic oxidation sites excluding steroid dienone is 1. The number of nitrogens with zero attached hydrogens (tertiary/aromatic N) is 3. The van der Waals surface area contributed by atoms with E-state index < -0.39 is 0 Å². The van der Waals surface area contributed by atoms with Crippen molar-refractivity contribution in [2.75, 3.05) is 0 Å². The van der Waals surface area contributed by atoms with Crippen molar-refractivity contribution in [3.63, 3.8) is 0 Å². The topological polar surface area (TPSA) is 74.2 Å². The monoisotopic (exact) mass is 376 g/mol. The van der Waals surface area contributed by atoms with Gasteiger partial charge in [-0.3, -0.25) is 10.1 Å². The maximum absolute atomic E-state index is 9.57. The minimum atomic E-state index is -0.258. The Kier molecular flexibility index (Phi) is 3.93. The molecule has 5 rings (SSSR count). The highest BCUT2D eigenvalue weighted by molar-refractivity contribution is 7.09. The first kappa shape index (κ1) is 16.4. The number of fused-ring (bicyclic) bond motifs is 1. The van der Waals surface area contributed by atoms with E-state index in [-0.39, 0.29) is 5.41 Å². The van der Waals surface area contributed by atoms with Gasteiger partial charge in [0.2, 0.25) is 0 Å². The molecule has 1 saturated carbocycles. The molecule has 6 heteroatoms. The van der Waals surface area contributed by atoms with E-state index >= 15 is 0 Å². The Balaban J connectivity index is 1.60. The van der Waals surface area contributed by atoms with Crippen LogP contribution in [0.25, 0.3) is 6.08 Å². The lowest BCUT2D eigenvalue weighted by atomic mass is 9.71. The second kappa shape index (κ2) is 6.46. The van der Waals surface area contributed by atoms with Crippen molar-refractivity contribution in [1.29, 1.82) is 0 Å². The van der Waals surface area contributed by atoms with Crippen LogP contribution in [0.2, 0.25) is 0 Å². The molecule has 5 nitrogen and oxygen atoms in total. The molecule has 1 aromatic carbocycles. The summed E-state index contributed by atoms with van der Waals surface area (Å²) < 4.78 is 0. The minimum absolute atomic E-state index is 0.258. The van der Waals surface area contributed by atoms with Crippen LogP contribution >= 0.6 is 11.3 Å². The summed E-state index contributed by atoms with van der Waals surface area (Å²) in [6, 6.07) is 10.5. The zero-order chi connectivity index (χ0) is 18.3. The summed E-state index contributed by atoms with van der Waals surface area (Å²) in [4.78, 5) is 5.53. The molecule has 1 atom stereocenters. The molecule has 2 N–H and O–H groups in total. The number of rotatable bonds is 4. The number of thiazole rings is 1. The fourth-order valence-electron chi connectivity index (χ4n) is 4.15. The lowest BCUT2D eigenvalue weighted by molar-refractivity contribution is 0.305. The summed E-state index contributed by atoms with van der Waals surface area (Å²) in [5.41, 5.74) is 6.49. The maximum atomic E-state index is 9.57. The predicted octanol–water partition coefficient (Wildman–Crippen LogP) is 4.40. The summed E-state index contributed by atoms with van der Waals surface area (Å²) in [6.07, 6.45) is 10.5. The highest BCUT2D eigenvalue weighted by Crippen LogP contribution is 2.43. The van der Waals surface area contributed by atoms with E-state index in [2.05, 4.69) is 56.8 Å². The van der Waals surface area contributed by atoms with E-state index in [9.17, 15) is 5.21 Å². The second-order valence-corrected chi connectivity index (χ2v) is 8.18. The largest absolute Gasteiger partial charge is 0.411 e. The molecule has 1 fully saturated rings. The van der Waals surface area contributed by atoms with E-state index in [1.54, 1.807) is 11.3 Å².